The molecule has 0 fully saturated rings. The first kappa shape index (κ1) is 18.7. The molecule has 2 aromatic carbocycles. The van der Waals surface area contributed by atoms with Crippen molar-refractivity contribution in [1.82, 2.24) is 10.3 Å². The van der Waals surface area contributed by atoms with Gasteiger partial charge in [-0.1, -0.05) is 48.5 Å². The highest BCUT2D eigenvalue weighted by atomic mass is 32.2. The van der Waals surface area contributed by atoms with Crippen molar-refractivity contribution in [2.75, 3.05) is 12.3 Å². The van der Waals surface area contributed by atoms with Gasteiger partial charge in [0.2, 0.25) is 11.8 Å². The molecule has 144 valence electrons. The zero-order chi connectivity index (χ0) is 19.3. The molecular weight excluding hydrogens is 370 g/mol. The number of amides is 2. The van der Waals surface area contributed by atoms with Crippen molar-refractivity contribution >= 4 is 29.3 Å². The Bertz CT molecular complexity index is 898. The van der Waals surface area contributed by atoms with Crippen molar-refractivity contribution in [1.29, 1.82) is 0 Å². The second kappa shape index (κ2) is 8.61. The van der Waals surface area contributed by atoms with Gasteiger partial charge in [-0.2, -0.15) is 5.10 Å². The van der Waals surface area contributed by atoms with Gasteiger partial charge in [0.1, 0.15) is 0 Å². The molecule has 0 saturated heterocycles. The molecule has 2 heterocycles. The molecular formula is C22H23N3O2S. The van der Waals surface area contributed by atoms with E-state index in [0.29, 0.717) is 6.54 Å². The Balaban J connectivity index is 1.30. The van der Waals surface area contributed by atoms with Crippen LogP contribution in [0.5, 0.6) is 0 Å². The molecule has 0 aliphatic carbocycles. The quantitative estimate of drug-likeness (QED) is 0.841. The van der Waals surface area contributed by atoms with Crippen molar-refractivity contribution in [3.8, 4) is 0 Å². The van der Waals surface area contributed by atoms with Gasteiger partial charge in [0, 0.05) is 29.9 Å². The van der Waals surface area contributed by atoms with E-state index < -0.39 is 0 Å². The highest BCUT2D eigenvalue weighted by Crippen LogP contribution is 2.35. The topological polar surface area (TPSA) is 61.8 Å². The lowest BCUT2D eigenvalue weighted by atomic mass is 10.0. The van der Waals surface area contributed by atoms with Crippen molar-refractivity contribution in [2.45, 2.75) is 36.6 Å². The monoisotopic (exact) mass is 393 g/mol. The fraction of sp³-hybridized carbons (Fsp3) is 0.318. The second-order valence-corrected chi connectivity index (χ2v) is 8.11. The minimum absolute atomic E-state index is 0.0366. The van der Waals surface area contributed by atoms with Crippen LogP contribution in [0.25, 0.3) is 0 Å². The van der Waals surface area contributed by atoms with E-state index in [2.05, 4.69) is 22.6 Å². The lowest BCUT2D eigenvalue weighted by Crippen LogP contribution is -2.32. The Morgan fingerprint density at radius 2 is 1.86 bits per heavy atom. The zero-order valence-electron chi connectivity index (χ0n) is 15.6. The van der Waals surface area contributed by atoms with Crippen LogP contribution in [0.3, 0.4) is 0 Å². The third kappa shape index (κ3) is 4.28. The second-order valence-electron chi connectivity index (χ2n) is 6.97. The largest absolute Gasteiger partial charge is 0.349 e. The van der Waals surface area contributed by atoms with E-state index in [4.69, 9.17) is 0 Å². The first-order chi connectivity index (χ1) is 13.7. The van der Waals surface area contributed by atoms with Crippen LogP contribution in [-0.2, 0) is 9.59 Å². The molecule has 1 atom stereocenters. The van der Waals surface area contributed by atoms with Gasteiger partial charge in [-0.15, -0.1) is 11.8 Å². The van der Waals surface area contributed by atoms with Gasteiger partial charge in [-0.05, 0) is 23.6 Å². The molecule has 2 amide bonds. The highest BCUT2D eigenvalue weighted by molar-refractivity contribution is 7.99. The van der Waals surface area contributed by atoms with Crippen molar-refractivity contribution in [3.63, 3.8) is 0 Å². The van der Waals surface area contributed by atoms with E-state index in [9.17, 15) is 9.59 Å². The van der Waals surface area contributed by atoms with Gasteiger partial charge >= 0.3 is 0 Å². The van der Waals surface area contributed by atoms with E-state index in [1.165, 1.54) is 15.5 Å². The first-order valence-electron chi connectivity index (χ1n) is 9.65. The zero-order valence-corrected chi connectivity index (χ0v) is 16.5. The first-order valence-corrected chi connectivity index (χ1v) is 10.6. The number of carbonyl (C=O) groups is 2. The normalized spacial score (nSPS) is 18.4. The van der Waals surface area contributed by atoms with E-state index in [1.54, 1.807) is 0 Å². The molecule has 0 aromatic heterocycles. The molecule has 2 aromatic rings. The summed E-state index contributed by atoms with van der Waals surface area (Å²) >= 11 is 1.83. The summed E-state index contributed by atoms with van der Waals surface area (Å²) in [5, 5.41) is 9.05. The average Bonchev–Trinajstić information content (AvgIpc) is 3.23. The Morgan fingerprint density at radius 1 is 1.07 bits per heavy atom. The van der Waals surface area contributed by atoms with Crippen LogP contribution >= 0.6 is 11.8 Å². The number of nitrogens with one attached hydrogen (secondary N) is 1. The number of nitrogens with zero attached hydrogens (tertiary/aromatic N) is 2. The minimum Gasteiger partial charge on any atom is -0.349 e. The molecule has 5 nitrogen and oxygen atoms in total. The maximum atomic E-state index is 12.5. The predicted molar refractivity (Wildman–Crippen MR) is 111 cm³/mol. The Kier molecular flexibility index (Phi) is 5.76. The van der Waals surface area contributed by atoms with Gasteiger partial charge in [-0.3, -0.25) is 9.59 Å². The van der Waals surface area contributed by atoms with Gasteiger partial charge in [0.25, 0.3) is 0 Å². The van der Waals surface area contributed by atoms with Crippen LogP contribution in [-0.4, -0.2) is 34.8 Å². The van der Waals surface area contributed by atoms with Gasteiger partial charge in [-0.25, -0.2) is 5.01 Å². The summed E-state index contributed by atoms with van der Waals surface area (Å²) in [6, 6.07) is 18.1. The lowest BCUT2D eigenvalue weighted by Gasteiger charge is -2.25. The Labute approximate surface area is 169 Å². The number of hydrogen-bond donors (Lipinski definition) is 1. The maximum Gasteiger partial charge on any atom is 0.243 e. The number of hydrogen-bond acceptors (Lipinski definition) is 4. The predicted octanol–water partition coefficient (Wildman–Crippen LogP) is 3.76. The summed E-state index contributed by atoms with van der Waals surface area (Å²) in [6.45, 7) is 0.581. The molecule has 4 rings (SSSR count). The smallest absolute Gasteiger partial charge is 0.243 e. The number of rotatable bonds is 5. The van der Waals surface area contributed by atoms with Crippen molar-refractivity contribution in [3.05, 3.63) is 65.7 Å². The number of thioether (sulfide) groups is 1. The van der Waals surface area contributed by atoms with Crippen LogP contribution in [0.1, 0.15) is 42.9 Å². The fourth-order valence-electron chi connectivity index (χ4n) is 3.58. The van der Waals surface area contributed by atoms with E-state index >= 15 is 0 Å². The van der Waals surface area contributed by atoms with Crippen LogP contribution < -0.4 is 5.32 Å². The standard InChI is InChI=1S/C22H23N3O2S/c26-21(23-19-13-15-28-20-9-5-4-8-17(19)20)10-11-22(27)25-14-12-18(24-25)16-6-2-1-3-7-16/h1-9,19H,10-15H2,(H,23,26)/t19-/m1/s1. The minimum atomic E-state index is -0.0966. The summed E-state index contributed by atoms with van der Waals surface area (Å²) in [5.74, 6) is 0.818. The maximum absolute atomic E-state index is 12.5. The molecule has 2 aliphatic heterocycles. The van der Waals surface area contributed by atoms with Crippen LogP contribution in [0, 0.1) is 0 Å². The molecule has 28 heavy (non-hydrogen) atoms. The molecule has 2 aliphatic rings. The lowest BCUT2D eigenvalue weighted by molar-refractivity contribution is -0.133. The average molecular weight is 394 g/mol. The molecule has 0 bridgehead atoms. The SMILES string of the molecule is O=C(CCC(=O)N1CCC(c2ccccc2)=N1)N[C@@H]1CCSc2ccccc21. The molecule has 0 unspecified atom stereocenters. The van der Waals surface area contributed by atoms with Gasteiger partial charge < -0.3 is 5.32 Å². The molecule has 0 saturated carbocycles. The number of fused-ring (bicyclic) bond motifs is 1. The number of benzene rings is 2. The van der Waals surface area contributed by atoms with Gasteiger partial charge in [0.15, 0.2) is 0 Å². The van der Waals surface area contributed by atoms with E-state index in [1.807, 2.05) is 54.2 Å². The third-order valence-corrected chi connectivity index (χ3v) is 6.18. The highest BCUT2D eigenvalue weighted by Gasteiger charge is 2.24. The van der Waals surface area contributed by atoms with Crippen LogP contribution in [0.15, 0.2) is 64.6 Å². The molecule has 6 heteroatoms. The Morgan fingerprint density at radius 3 is 2.71 bits per heavy atom. The van der Waals surface area contributed by atoms with E-state index in [0.717, 1.165) is 29.9 Å². The molecule has 0 spiro atoms. The van der Waals surface area contributed by atoms with Crippen LogP contribution in [0.4, 0.5) is 0 Å². The summed E-state index contributed by atoms with van der Waals surface area (Å²) in [7, 11) is 0. The summed E-state index contributed by atoms with van der Waals surface area (Å²) in [4.78, 5) is 26.1. The molecule has 0 radical (unpaired) electrons. The Hall–Kier alpha value is -2.60. The fourth-order valence-corrected chi connectivity index (χ4v) is 4.70. The molecule has 1 N–H and O–H groups in total. The summed E-state index contributed by atoms with van der Waals surface area (Å²) < 4.78 is 0. The number of hydrazone groups is 1. The van der Waals surface area contributed by atoms with Crippen LogP contribution in [0.2, 0.25) is 0 Å². The third-order valence-electron chi connectivity index (χ3n) is 5.06. The van der Waals surface area contributed by atoms with Gasteiger partial charge in [0.05, 0.1) is 18.3 Å². The number of carbonyl (C=O) groups excluding carboxylic acids is 2. The summed E-state index contributed by atoms with van der Waals surface area (Å²) in [5.41, 5.74) is 3.15. The summed E-state index contributed by atoms with van der Waals surface area (Å²) in [6.07, 6.45) is 2.04. The van der Waals surface area contributed by atoms with Crippen molar-refractivity contribution < 1.29 is 9.59 Å². The van der Waals surface area contributed by atoms with E-state index in [-0.39, 0.29) is 30.7 Å². The van der Waals surface area contributed by atoms with Crippen molar-refractivity contribution in [2.24, 2.45) is 5.10 Å².